The lowest BCUT2D eigenvalue weighted by Crippen LogP contribution is -2.56. The number of amides is 1. The van der Waals surface area contributed by atoms with E-state index in [1.807, 2.05) is 43.0 Å². The largest absolute Gasteiger partial charge is 0.497 e. The second-order valence-corrected chi connectivity index (χ2v) is 11.0. The lowest BCUT2D eigenvalue weighted by Gasteiger charge is -2.39. The molecule has 0 N–H and O–H groups in total. The summed E-state index contributed by atoms with van der Waals surface area (Å²) in [5, 5.41) is -0.548. The van der Waals surface area contributed by atoms with E-state index in [4.69, 9.17) is 9.47 Å². The van der Waals surface area contributed by atoms with Crippen LogP contribution in [0.5, 0.6) is 5.75 Å². The molecule has 160 valence electrons. The third kappa shape index (κ3) is 3.78. The Morgan fingerprint density at radius 1 is 1.28 bits per heavy atom. The summed E-state index contributed by atoms with van der Waals surface area (Å²) in [6.45, 7) is 5.67. The number of fused-ring (bicyclic) bond motifs is 1. The molecule has 1 aromatic rings. The van der Waals surface area contributed by atoms with Gasteiger partial charge in [-0.3, -0.25) is 4.79 Å². The van der Waals surface area contributed by atoms with Crippen LogP contribution in [-0.2, 0) is 26.0 Å². The molecule has 1 aromatic carbocycles. The molecule has 0 saturated carbocycles. The number of nitrogens with zero attached hydrogens (tertiary/aromatic N) is 2. The lowest BCUT2D eigenvalue weighted by molar-refractivity contribution is -0.151. The van der Waals surface area contributed by atoms with Crippen molar-refractivity contribution in [2.75, 3.05) is 33.3 Å². The molecule has 1 spiro atoms. The molecule has 0 radical (unpaired) electrons. The number of sulfonamides is 1. The minimum absolute atomic E-state index is 0.0994. The van der Waals surface area contributed by atoms with Gasteiger partial charge in [-0.25, -0.2) is 8.42 Å². The summed E-state index contributed by atoms with van der Waals surface area (Å²) in [4.78, 5) is 14.4. The average molecular weight is 423 g/mol. The molecule has 2 bridgehead atoms. The fourth-order valence-corrected chi connectivity index (χ4v) is 7.17. The number of hydrogen-bond donors (Lipinski definition) is 0. The van der Waals surface area contributed by atoms with Crippen LogP contribution in [0.2, 0.25) is 0 Å². The summed E-state index contributed by atoms with van der Waals surface area (Å²) in [6.07, 6.45) is 1.42. The van der Waals surface area contributed by atoms with E-state index in [1.54, 1.807) is 11.4 Å². The highest BCUT2D eigenvalue weighted by Crippen LogP contribution is 2.46. The summed E-state index contributed by atoms with van der Waals surface area (Å²) in [7, 11) is -1.82. The molecular formula is C21H30N2O5S. The van der Waals surface area contributed by atoms with Gasteiger partial charge < -0.3 is 14.4 Å². The van der Waals surface area contributed by atoms with E-state index >= 15 is 0 Å². The van der Waals surface area contributed by atoms with Gasteiger partial charge in [0.15, 0.2) is 0 Å². The Hall–Kier alpha value is -1.64. The number of likely N-dealkylation sites (tertiary alicyclic amines) is 1. The van der Waals surface area contributed by atoms with Gasteiger partial charge in [-0.1, -0.05) is 26.0 Å². The number of methoxy groups -OCH3 is 1. The molecule has 4 rings (SSSR count). The van der Waals surface area contributed by atoms with Crippen molar-refractivity contribution in [1.29, 1.82) is 0 Å². The van der Waals surface area contributed by atoms with Gasteiger partial charge in [0.25, 0.3) is 0 Å². The van der Waals surface area contributed by atoms with E-state index in [2.05, 4.69) is 0 Å². The van der Waals surface area contributed by atoms with Gasteiger partial charge in [-0.05, 0) is 36.5 Å². The Morgan fingerprint density at radius 3 is 2.66 bits per heavy atom. The quantitative estimate of drug-likeness (QED) is 0.697. The molecule has 3 heterocycles. The van der Waals surface area contributed by atoms with Crippen molar-refractivity contribution in [3.05, 3.63) is 29.8 Å². The molecule has 8 heteroatoms. The maximum absolute atomic E-state index is 13.2. The van der Waals surface area contributed by atoms with Gasteiger partial charge in [0.2, 0.25) is 15.9 Å². The first kappa shape index (κ1) is 20.6. The van der Waals surface area contributed by atoms with E-state index in [0.29, 0.717) is 45.4 Å². The molecule has 0 aromatic heterocycles. The number of morpholine rings is 1. The Kier molecular flexibility index (Phi) is 5.38. The van der Waals surface area contributed by atoms with Crippen molar-refractivity contribution >= 4 is 15.9 Å². The van der Waals surface area contributed by atoms with Crippen molar-refractivity contribution < 1.29 is 22.7 Å². The van der Waals surface area contributed by atoms with Crippen LogP contribution >= 0.6 is 0 Å². The Bertz CT molecular complexity index is 870. The van der Waals surface area contributed by atoms with Gasteiger partial charge in [-0.2, -0.15) is 4.31 Å². The highest BCUT2D eigenvalue weighted by molar-refractivity contribution is 7.90. The monoisotopic (exact) mass is 422 g/mol. The Labute approximate surface area is 173 Å². The predicted molar refractivity (Wildman–Crippen MR) is 109 cm³/mol. The highest BCUT2D eigenvalue weighted by Gasteiger charge is 2.65. The van der Waals surface area contributed by atoms with Crippen molar-refractivity contribution in [2.24, 2.45) is 5.92 Å². The maximum Gasteiger partial charge on any atom is 0.223 e. The maximum atomic E-state index is 13.2. The van der Waals surface area contributed by atoms with Gasteiger partial charge in [0.1, 0.15) is 16.6 Å². The van der Waals surface area contributed by atoms with Crippen LogP contribution in [-0.4, -0.2) is 73.8 Å². The van der Waals surface area contributed by atoms with Crippen LogP contribution in [0.1, 0.15) is 32.3 Å². The smallest absolute Gasteiger partial charge is 0.223 e. The Balaban J connectivity index is 1.47. The average Bonchev–Trinajstić information content (AvgIpc) is 3.05. The Morgan fingerprint density at radius 2 is 2.00 bits per heavy atom. The number of benzene rings is 1. The molecule has 3 atom stereocenters. The van der Waals surface area contributed by atoms with E-state index in [0.717, 1.165) is 11.3 Å². The van der Waals surface area contributed by atoms with Crippen molar-refractivity contribution in [1.82, 2.24) is 9.21 Å². The minimum Gasteiger partial charge on any atom is -0.497 e. The van der Waals surface area contributed by atoms with Crippen molar-refractivity contribution in [3.8, 4) is 5.75 Å². The fraction of sp³-hybridized carbons (Fsp3) is 0.667. The number of rotatable bonds is 6. The molecule has 1 amide bonds. The summed E-state index contributed by atoms with van der Waals surface area (Å²) >= 11 is 0. The van der Waals surface area contributed by atoms with Crippen LogP contribution in [0, 0.1) is 5.92 Å². The molecular weight excluding hydrogens is 392 g/mol. The SMILES string of the molecule is COc1ccc(CCN2C[C@@]34CN(C(=O)CC(C)C)C[C@@H](C[C@@H]3S2(=O)=O)O4)cc1. The molecule has 3 fully saturated rings. The zero-order valence-electron chi connectivity index (χ0n) is 17.3. The second-order valence-electron chi connectivity index (χ2n) is 8.88. The highest BCUT2D eigenvalue weighted by atomic mass is 32.2. The van der Waals surface area contributed by atoms with Gasteiger partial charge >= 0.3 is 0 Å². The van der Waals surface area contributed by atoms with E-state index in [-0.39, 0.29) is 17.9 Å². The molecule has 29 heavy (non-hydrogen) atoms. The fourth-order valence-electron chi connectivity index (χ4n) is 4.86. The van der Waals surface area contributed by atoms with Crippen LogP contribution in [0.25, 0.3) is 0 Å². The van der Waals surface area contributed by atoms with Crippen LogP contribution in [0.3, 0.4) is 0 Å². The van der Waals surface area contributed by atoms with Crippen LogP contribution in [0.4, 0.5) is 0 Å². The van der Waals surface area contributed by atoms with Gasteiger partial charge in [-0.15, -0.1) is 0 Å². The topological polar surface area (TPSA) is 76.2 Å². The first-order valence-corrected chi connectivity index (χ1v) is 11.8. The summed E-state index contributed by atoms with van der Waals surface area (Å²) in [6, 6.07) is 7.68. The van der Waals surface area contributed by atoms with Gasteiger partial charge in [0, 0.05) is 26.1 Å². The van der Waals surface area contributed by atoms with E-state index in [1.165, 1.54) is 0 Å². The normalized spacial score (nSPS) is 30.6. The molecule has 3 aliphatic heterocycles. The first-order valence-electron chi connectivity index (χ1n) is 10.3. The zero-order valence-corrected chi connectivity index (χ0v) is 18.2. The van der Waals surface area contributed by atoms with E-state index < -0.39 is 20.9 Å². The molecule has 0 unspecified atom stereocenters. The standard InChI is InChI=1S/C21H30N2O5S/c1-15(2)10-20(24)22-12-18-11-19-21(13-22,28-18)14-23(29(19,25)26)9-8-16-4-6-17(27-3)7-5-16/h4-7,15,18-19H,8-14H2,1-3H3/t18-,19+,21+/m1/s1. The molecule has 0 aliphatic carbocycles. The predicted octanol–water partition coefficient (Wildman–Crippen LogP) is 1.67. The number of carbonyl (C=O) groups excluding carboxylic acids is 1. The van der Waals surface area contributed by atoms with E-state index in [9.17, 15) is 13.2 Å². The summed E-state index contributed by atoms with van der Waals surface area (Å²) in [5.74, 6) is 1.16. The molecule has 3 aliphatic rings. The van der Waals surface area contributed by atoms with Gasteiger partial charge in [0.05, 0.1) is 19.8 Å². The summed E-state index contributed by atoms with van der Waals surface area (Å²) < 4.78 is 39.4. The first-order chi connectivity index (χ1) is 13.7. The number of carbonyl (C=O) groups is 1. The minimum atomic E-state index is -3.44. The van der Waals surface area contributed by atoms with Crippen molar-refractivity contribution in [3.63, 3.8) is 0 Å². The van der Waals surface area contributed by atoms with Crippen LogP contribution < -0.4 is 4.74 Å². The second kappa shape index (κ2) is 7.56. The summed E-state index contributed by atoms with van der Waals surface area (Å²) in [5.41, 5.74) is 0.278. The van der Waals surface area contributed by atoms with Crippen molar-refractivity contribution in [2.45, 2.75) is 50.1 Å². The lowest BCUT2D eigenvalue weighted by atomic mass is 9.98. The molecule has 7 nitrogen and oxygen atoms in total. The zero-order chi connectivity index (χ0) is 20.8. The third-order valence-electron chi connectivity index (χ3n) is 6.26. The van der Waals surface area contributed by atoms with Crippen LogP contribution in [0.15, 0.2) is 24.3 Å². The third-order valence-corrected chi connectivity index (χ3v) is 8.63. The number of hydrogen-bond acceptors (Lipinski definition) is 5. The number of ether oxygens (including phenoxy) is 2. The molecule has 3 saturated heterocycles.